The predicted octanol–water partition coefficient (Wildman–Crippen LogP) is 2.60. The molecule has 1 saturated heterocycles. The zero-order chi connectivity index (χ0) is 14.8. The number of nitrogens with zero attached hydrogens (tertiary/aromatic N) is 3. The van der Waals surface area contributed by atoms with E-state index in [1.54, 1.807) is 24.4 Å². The topological polar surface area (TPSA) is 64.2 Å². The molecule has 1 aromatic carbocycles. The molecule has 1 aliphatic heterocycles. The highest BCUT2D eigenvalue weighted by Gasteiger charge is 2.26. The van der Waals surface area contributed by atoms with Crippen molar-refractivity contribution >= 4 is 23.2 Å². The molecule has 110 valence electrons. The van der Waals surface area contributed by atoms with E-state index in [4.69, 9.17) is 17.3 Å². The predicted molar refractivity (Wildman–Crippen MR) is 82.3 cm³/mol. The second-order valence-corrected chi connectivity index (χ2v) is 5.62. The van der Waals surface area contributed by atoms with Crippen molar-refractivity contribution < 1.29 is 4.79 Å². The van der Waals surface area contributed by atoms with Crippen molar-refractivity contribution in [2.24, 2.45) is 0 Å². The number of piperidine rings is 1. The van der Waals surface area contributed by atoms with Crippen LogP contribution >= 0.6 is 11.6 Å². The Morgan fingerprint density at radius 1 is 1.29 bits per heavy atom. The molecule has 0 aliphatic carbocycles. The Kier molecular flexibility index (Phi) is 3.84. The highest BCUT2D eigenvalue weighted by Crippen LogP contribution is 2.27. The molecule has 2 aromatic rings. The van der Waals surface area contributed by atoms with Gasteiger partial charge in [-0.3, -0.25) is 9.48 Å². The Labute approximate surface area is 128 Å². The minimum atomic E-state index is -0.0473. The largest absolute Gasteiger partial charge is 0.397 e. The van der Waals surface area contributed by atoms with Crippen LogP contribution in [0.1, 0.15) is 29.2 Å². The Balaban J connectivity index is 1.69. The van der Waals surface area contributed by atoms with Gasteiger partial charge in [0.2, 0.25) is 0 Å². The van der Waals surface area contributed by atoms with Crippen LogP contribution in [0.2, 0.25) is 5.02 Å². The molecule has 0 spiro atoms. The summed E-state index contributed by atoms with van der Waals surface area (Å²) in [4.78, 5) is 14.4. The van der Waals surface area contributed by atoms with Gasteiger partial charge in [0.25, 0.3) is 5.91 Å². The zero-order valence-corrected chi connectivity index (χ0v) is 12.3. The van der Waals surface area contributed by atoms with E-state index >= 15 is 0 Å². The molecule has 0 saturated carbocycles. The first kappa shape index (κ1) is 13.9. The van der Waals surface area contributed by atoms with Gasteiger partial charge in [0.1, 0.15) is 0 Å². The molecule has 2 heterocycles. The molecule has 0 atom stereocenters. The van der Waals surface area contributed by atoms with Crippen molar-refractivity contribution in [1.82, 2.24) is 14.7 Å². The molecule has 21 heavy (non-hydrogen) atoms. The average Bonchev–Trinajstić information content (AvgIpc) is 3.04. The number of benzene rings is 1. The smallest absolute Gasteiger partial charge is 0.256 e. The first-order valence-corrected chi connectivity index (χ1v) is 7.37. The van der Waals surface area contributed by atoms with Crippen LogP contribution in [0.3, 0.4) is 0 Å². The lowest BCUT2D eigenvalue weighted by Crippen LogP contribution is -2.39. The van der Waals surface area contributed by atoms with Crippen LogP contribution in [-0.4, -0.2) is 33.7 Å². The summed E-state index contributed by atoms with van der Waals surface area (Å²) in [6.45, 7) is 1.41. The van der Waals surface area contributed by atoms with Gasteiger partial charge in [-0.2, -0.15) is 5.10 Å². The third-order valence-electron chi connectivity index (χ3n) is 3.93. The number of rotatable bonds is 2. The number of aromatic nitrogens is 2. The van der Waals surface area contributed by atoms with Gasteiger partial charge in [0.05, 0.1) is 22.3 Å². The molecule has 6 heteroatoms. The normalized spacial score (nSPS) is 16.1. The van der Waals surface area contributed by atoms with Crippen molar-refractivity contribution in [1.29, 1.82) is 0 Å². The number of nitrogens with two attached hydrogens (primary N) is 1. The summed E-state index contributed by atoms with van der Waals surface area (Å²) < 4.78 is 1.97. The van der Waals surface area contributed by atoms with E-state index in [-0.39, 0.29) is 5.91 Å². The molecule has 5 nitrogen and oxygen atoms in total. The van der Waals surface area contributed by atoms with Crippen molar-refractivity contribution in [3.05, 3.63) is 47.2 Å². The minimum absolute atomic E-state index is 0.0473. The number of hydrogen-bond acceptors (Lipinski definition) is 3. The second-order valence-electron chi connectivity index (χ2n) is 5.21. The Bertz CT molecular complexity index is 633. The standard InChI is InChI=1S/C15H17ClN4O/c16-13-4-1-3-12(14(13)17)15(21)19-9-5-11(6-10-19)20-8-2-7-18-20/h1-4,7-8,11H,5-6,9-10,17H2. The zero-order valence-electron chi connectivity index (χ0n) is 11.6. The van der Waals surface area contributed by atoms with Crippen LogP contribution in [0.4, 0.5) is 5.69 Å². The fourth-order valence-corrected chi connectivity index (χ4v) is 2.90. The number of anilines is 1. The van der Waals surface area contributed by atoms with E-state index in [2.05, 4.69) is 5.10 Å². The summed E-state index contributed by atoms with van der Waals surface area (Å²) in [5, 5.41) is 4.69. The summed E-state index contributed by atoms with van der Waals surface area (Å²) in [6.07, 6.45) is 5.54. The molecule has 0 unspecified atom stereocenters. The van der Waals surface area contributed by atoms with Gasteiger partial charge in [-0.15, -0.1) is 0 Å². The van der Waals surface area contributed by atoms with Crippen LogP contribution < -0.4 is 5.73 Å². The molecule has 1 aromatic heterocycles. The van der Waals surface area contributed by atoms with Gasteiger partial charge in [-0.25, -0.2) is 0 Å². The maximum absolute atomic E-state index is 12.5. The van der Waals surface area contributed by atoms with Gasteiger partial charge in [-0.05, 0) is 31.0 Å². The van der Waals surface area contributed by atoms with E-state index in [1.807, 2.05) is 21.8 Å². The molecular formula is C15H17ClN4O. The summed E-state index contributed by atoms with van der Waals surface area (Å²) >= 11 is 5.98. The van der Waals surface area contributed by atoms with Crippen molar-refractivity contribution in [2.45, 2.75) is 18.9 Å². The van der Waals surface area contributed by atoms with Crippen LogP contribution in [-0.2, 0) is 0 Å². The van der Waals surface area contributed by atoms with E-state index in [0.717, 1.165) is 12.8 Å². The van der Waals surface area contributed by atoms with Crippen LogP contribution in [0, 0.1) is 0 Å². The molecule has 1 fully saturated rings. The minimum Gasteiger partial charge on any atom is -0.397 e. The van der Waals surface area contributed by atoms with Crippen LogP contribution in [0.5, 0.6) is 0 Å². The lowest BCUT2D eigenvalue weighted by molar-refractivity contribution is 0.0691. The third kappa shape index (κ3) is 2.74. The van der Waals surface area contributed by atoms with Crippen molar-refractivity contribution in [2.75, 3.05) is 18.8 Å². The Hall–Kier alpha value is -2.01. The molecule has 0 radical (unpaired) electrons. The maximum Gasteiger partial charge on any atom is 0.256 e. The fourth-order valence-electron chi connectivity index (χ4n) is 2.72. The summed E-state index contributed by atoms with van der Waals surface area (Å²) in [7, 11) is 0. The van der Waals surface area contributed by atoms with E-state index in [0.29, 0.717) is 35.4 Å². The molecule has 0 bridgehead atoms. The Morgan fingerprint density at radius 2 is 2.05 bits per heavy atom. The molecular weight excluding hydrogens is 288 g/mol. The van der Waals surface area contributed by atoms with Crippen LogP contribution in [0.15, 0.2) is 36.7 Å². The average molecular weight is 305 g/mol. The van der Waals surface area contributed by atoms with Gasteiger partial charge < -0.3 is 10.6 Å². The second kappa shape index (κ2) is 5.77. The van der Waals surface area contributed by atoms with Gasteiger partial charge in [-0.1, -0.05) is 17.7 Å². The molecule has 1 aliphatic rings. The number of para-hydroxylation sites is 1. The van der Waals surface area contributed by atoms with Gasteiger partial charge in [0.15, 0.2) is 0 Å². The molecule has 1 amide bonds. The van der Waals surface area contributed by atoms with Crippen molar-refractivity contribution in [3.8, 4) is 0 Å². The fraction of sp³-hybridized carbons (Fsp3) is 0.333. The molecule has 2 N–H and O–H groups in total. The van der Waals surface area contributed by atoms with Crippen molar-refractivity contribution in [3.63, 3.8) is 0 Å². The van der Waals surface area contributed by atoms with Crippen LogP contribution in [0.25, 0.3) is 0 Å². The molecule has 3 rings (SSSR count). The number of carbonyl (C=O) groups excluding carboxylic acids is 1. The number of hydrogen-bond donors (Lipinski definition) is 1. The number of amides is 1. The van der Waals surface area contributed by atoms with E-state index in [9.17, 15) is 4.79 Å². The number of carbonyl (C=O) groups is 1. The van der Waals surface area contributed by atoms with E-state index in [1.165, 1.54) is 0 Å². The number of likely N-dealkylation sites (tertiary alicyclic amines) is 1. The third-order valence-corrected chi connectivity index (χ3v) is 4.26. The first-order valence-electron chi connectivity index (χ1n) is 6.99. The number of halogens is 1. The maximum atomic E-state index is 12.5. The summed E-state index contributed by atoms with van der Waals surface area (Å²) in [5.41, 5.74) is 6.75. The monoisotopic (exact) mass is 304 g/mol. The van der Waals surface area contributed by atoms with E-state index < -0.39 is 0 Å². The summed E-state index contributed by atoms with van der Waals surface area (Å²) in [5.74, 6) is -0.0473. The Morgan fingerprint density at radius 3 is 2.71 bits per heavy atom. The van der Waals surface area contributed by atoms with Gasteiger partial charge in [0, 0.05) is 25.5 Å². The highest BCUT2D eigenvalue weighted by molar-refractivity contribution is 6.33. The SMILES string of the molecule is Nc1c(Cl)cccc1C(=O)N1CCC(n2cccn2)CC1. The first-order chi connectivity index (χ1) is 10.2. The summed E-state index contributed by atoms with van der Waals surface area (Å²) in [6, 6.07) is 7.45. The lowest BCUT2D eigenvalue weighted by atomic mass is 10.0. The highest BCUT2D eigenvalue weighted by atomic mass is 35.5. The lowest BCUT2D eigenvalue weighted by Gasteiger charge is -2.32. The van der Waals surface area contributed by atoms with Gasteiger partial charge >= 0.3 is 0 Å². The number of nitrogen functional groups attached to an aromatic ring is 1. The quantitative estimate of drug-likeness (QED) is 0.867.